The number of benzene rings is 1. The van der Waals surface area contributed by atoms with Crippen molar-refractivity contribution in [3.63, 3.8) is 0 Å². The number of hydrogen-bond donors (Lipinski definition) is 1. The van der Waals surface area contributed by atoms with E-state index in [1.807, 2.05) is 13.1 Å². The van der Waals surface area contributed by atoms with E-state index in [-0.39, 0.29) is 17.9 Å². The van der Waals surface area contributed by atoms with Gasteiger partial charge in [-0.3, -0.25) is 14.6 Å². The maximum Gasteiger partial charge on any atom is 0.296 e. The molecule has 0 saturated carbocycles. The molecule has 0 aliphatic rings. The van der Waals surface area contributed by atoms with Crippen LogP contribution >= 0.6 is 11.6 Å². The van der Waals surface area contributed by atoms with Crippen LogP contribution < -0.4 is 10.9 Å². The highest BCUT2D eigenvalue weighted by Crippen LogP contribution is 2.30. The molecule has 0 saturated heterocycles. The Morgan fingerprint density at radius 3 is 2.67 bits per heavy atom. The number of carbonyl (C=O) groups excluding carboxylic acids is 1. The molecule has 3 heterocycles. The van der Waals surface area contributed by atoms with Crippen LogP contribution in [0.15, 0.2) is 47.5 Å². The second-order valence-electron chi connectivity index (χ2n) is 6.16. The normalized spacial score (nSPS) is 11.2. The van der Waals surface area contributed by atoms with Crippen molar-refractivity contribution in [2.45, 2.75) is 6.42 Å². The van der Waals surface area contributed by atoms with Gasteiger partial charge in [0.05, 0.1) is 23.3 Å². The minimum absolute atomic E-state index is 0.0557. The number of amides is 1. The second-order valence-corrected chi connectivity index (χ2v) is 6.60. The number of likely N-dealkylation sites (N-methyl/N-ethyl adjacent to an activating group) is 1. The third kappa shape index (κ3) is 2.76. The highest BCUT2D eigenvalue weighted by Gasteiger charge is 2.21. The minimum atomic E-state index is -0.272. The number of nitrogens with zero attached hydrogens (tertiary/aromatic N) is 4. The summed E-state index contributed by atoms with van der Waals surface area (Å²) in [5, 5.41) is 9.20. The first-order chi connectivity index (χ1) is 13.0. The molecule has 27 heavy (non-hydrogen) atoms. The van der Waals surface area contributed by atoms with Crippen molar-refractivity contribution in [1.82, 2.24) is 24.6 Å². The summed E-state index contributed by atoms with van der Waals surface area (Å²) in [5.41, 5.74) is 2.11. The van der Waals surface area contributed by atoms with E-state index >= 15 is 0 Å². The molecule has 136 valence electrons. The van der Waals surface area contributed by atoms with E-state index in [0.717, 1.165) is 10.9 Å². The van der Waals surface area contributed by atoms with Crippen LogP contribution in [0.5, 0.6) is 0 Å². The Bertz CT molecular complexity index is 1240. The lowest BCUT2D eigenvalue weighted by Crippen LogP contribution is -2.27. The Hall–Kier alpha value is -3.19. The Balaban J connectivity index is 2.16. The number of fused-ring (bicyclic) bond motifs is 3. The third-order valence-corrected chi connectivity index (χ3v) is 4.82. The summed E-state index contributed by atoms with van der Waals surface area (Å²) in [6.45, 7) is 0. The molecule has 8 heteroatoms. The van der Waals surface area contributed by atoms with Crippen LogP contribution in [0.4, 0.5) is 0 Å². The summed E-state index contributed by atoms with van der Waals surface area (Å²) in [7, 11) is 3.38. The van der Waals surface area contributed by atoms with Gasteiger partial charge in [0.2, 0.25) is 5.91 Å². The molecule has 4 rings (SSSR count). The van der Waals surface area contributed by atoms with Gasteiger partial charge in [-0.05, 0) is 24.3 Å². The van der Waals surface area contributed by atoms with Crippen LogP contribution in [0.25, 0.3) is 27.5 Å². The molecule has 1 N–H and O–H groups in total. The topological polar surface area (TPSA) is 81.8 Å². The summed E-state index contributed by atoms with van der Waals surface area (Å²) >= 11 is 6.15. The number of halogens is 1. The van der Waals surface area contributed by atoms with Crippen LogP contribution in [0.2, 0.25) is 5.02 Å². The van der Waals surface area contributed by atoms with Gasteiger partial charge in [-0.2, -0.15) is 9.78 Å². The lowest BCUT2D eigenvalue weighted by atomic mass is 10.1. The average Bonchev–Trinajstić information content (AvgIpc) is 2.97. The lowest BCUT2D eigenvalue weighted by molar-refractivity contribution is -0.120. The van der Waals surface area contributed by atoms with Crippen LogP contribution in [-0.2, 0) is 18.3 Å². The number of carbonyl (C=O) groups is 1. The first kappa shape index (κ1) is 17.2. The number of pyridine rings is 1. The van der Waals surface area contributed by atoms with Crippen molar-refractivity contribution in [2.24, 2.45) is 7.05 Å². The maximum atomic E-state index is 13.2. The Morgan fingerprint density at radius 2 is 1.96 bits per heavy atom. The first-order valence-electron chi connectivity index (χ1n) is 8.32. The van der Waals surface area contributed by atoms with Crippen LogP contribution in [0, 0.1) is 0 Å². The van der Waals surface area contributed by atoms with Gasteiger partial charge in [0, 0.05) is 42.3 Å². The van der Waals surface area contributed by atoms with Gasteiger partial charge in [-0.1, -0.05) is 17.7 Å². The van der Waals surface area contributed by atoms with E-state index < -0.39 is 0 Å². The molecular weight excluding hydrogens is 366 g/mol. The fourth-order valence-corrected chi connectivity index (χ4v) is 3.46. The molecular formula is C19H16ClN5O2. The standard InChI is InChI=1S/C19H16ClN5O2/c1-21-16(26)10-14-17-13-4-3-11(20)9-15(13)24(2)18(17)19(27)25(23-14)12-5-7-22-8-6-12/h3-9H,10H2,1-2H3,(H,21,26). The Labute approximate surface area is 159 Å². The van der Waals surface area contributed by atoms with Gasteiger partial charge < -0.3 is 9.88 Å². The van der Waals surface area contributed by atoms with E-state index in [4.69, 9.17) is 11.6 Å². The quantitative estimate of drug-likeness (QED) is 0.590. The third-order valence-electron chi connectivity index (χ3n) is 4.58. The summed E-state index contributed by atoms with van der Waals surface area (Å²) in [6, 6.07) is 8.82. The van der Waals surface area contributed by atoms with Crippen LogP contribution in [0.3, 0.4) is 0 Å². The van der Waals surface area contributed by atoms with E-state index in [1.165, 1.54) is 4.68 Å². The molecule has 0 radical (unpaired) electrons. The zero-order valence-corrected chi connectivity index (χ0v) is 15.5. The number of rotatable bonds is 3. The van der Waals surface area contributed by atoms with Crippen LogP contribution in [-0.4, -0.2) is 32.3 Å². The summed E-state index contributed by atoms with van der Waals surface area (Å²) < 4.78 is 3.11. The van der Waals surface area contributed by atoms with Gasteiger partial charge in [0.25, 0.3) is 5.56 Å². The number of aromatic nitrogens is 4. The molecule has 0 aliphatic heterocycles. The fourth-order valence-electron chi connectivity index (χ4n) is 3.29. The molecule has 7 nitrogen and oxygen atoms in total. The van der Waals surface area contributed by atoms with Crippen molar-refractivity contribution in [1.29, 1.82) is 0 Å². The average molecular weight is 382 g/mol. The molecule has 0 bridgehead atoms. The minimum Gasteiger partial charge on any atom is -0.359 e. The van der Waals surface area contributed by atoms with Crippen molar-refractivity contribution < 1.29 is 4.79 Å². The summed E-state index contributed by atoms with van der Waals surface area (Å²) in [5.74, 6) is -0.185. The predicted octanol–water partition coefficient (Wildman–Crippen LogP) is 2.21. The monoisotopic (exact) mass is 381 g/mol. The van der Waals surface area contributed by atoms with Crippen molar-refractivity contribution in [3.8, 4) is 5.69 Å². The highest BCUT2D eigenvalue weighted by molar-refractivity contribution is 6.31. The summed E-state index contributed by atoms with van der Waals surface area (Å²) in [6.07, 6.45) is 3.24. The molecule has 0 aliphatic carbocycles. The van der Waals surface area contributed by atoms with Gasteiger partial charge in [-0.25, -0.2) is 0 Å². The van der Waals surface area contributed by atoms with Gasteiger partial charge in [0.15, 0.2) is 0 Å². The largest absolute Gasteiger partial charge is 0.359 e. The predicted molar refractivity (Wildman–Crippen MR) is 104 cm³/mol. The lowest BCUT2D eigenvalue weighted by Gasteiger charge is -2.09. The van der Waals surface area contributed by atoms with E-state index in [9.17, 15) is 9.59 Å². The molecule has 4 aromatic rings. The van der Waals surface area contributed by atoms with Gasteiger partial charge >= 0.3 is 0 Å². The van der Waals surface area contributed by atoms with Crippen molar-refractivity contribution in [2.75, 3.05) is 7.05 Å². The zero-order valence-electron chi connectivity index (χ0n) is 14.7. The molecule has 0 fully saturated rings. The number of nitrogens with one attached hydrogen (secondary N) is 1. The van der Waals surface area contributed by atoms with Gasteiger partial charge in [-0.15, -0.1) is 0 Å². The molecule has 3 aromatic heterocycles. The van der Waals surface area contributed by atoms with Crippen molar-refractivity contribution >= 4 is 39.3 Å². The smallest absolute Gasteiger partial charge is 0.296 e. The SMILES string of the molecule is CNC(=O)Cc1nn(-c2ccncc2)c(=O)c2c1c1ccc(Cl)cc1n2C. The molecule has 0 unspecified atom stereocenters. The van der Waals surface area contributed by atoms with Gasteiger partial charge in [0.1, 0.15) is 5.52 Å². The zero-order chi connectivity index (χ0) is 19.1. The van der Waals surface area contributed by atoms with Crippen LogP contribution in [0.1, 0.15) is 5.69 Å². The Morgan fingerprint density at radius 1 is 1.22 bits per heavy atom. The molecule has 1 amide bonds. The fraction of sp³-hybridized carbons (Fsp3) is 0.158. The highest BCUT2D eigenvalue weighted by atomic mass is 35.5. The maximum absolute atomic E-state index is 13.2. The molecule has 1 aromatic carbocycles. The first-order valence-corrected chi connectivity index (χ1v) is 8.70. The number of hydrogen-bond acceptors (Lipinski definition) is 4. The second kappa shape index (κ2) is 6.51. The molecule has 0 spiro atoms. The van der Waals surface area contributed by atoms with Crippen molar-refractivity contribution in [3.05, 3.63) is 63.8 Å². The number of aryl methyl sites for hydroxylation is 1. The Kier molecular flexibility index (Phi) is 4.16. The summed E-state index contributed by atoms with van der Waals surface area (Å²) in [4.78, 5) is 29.3. The molecule has 0 atom stereocenters. The van der Waals surface area contributed by atoms with E-state index in [2.05, 4.69) is 15.4 Å². The van der Waals surface area contributed by atoms with E-state index in [0.29, 0.717) is 27.3 Å². The van der Waals surface area contributed by atoms with E-state index in [1.54, 1.807) is 48.3 Å².